The van der Waals surface area contributed by atoms with Crippen molar-refractivity contribution < 1.29 is 9.90 Å². The van der Waals surface area contributed by atoms with Gasteiger partial charge in [0, 0.05) is 13.1 Å². The number of carboxylic acids is 1. The van der Waals surface area contributed by atoms with Crippen molar-refractivity contribution in [3.63, 3.8) is 0 Å². The summed E-state index contributed by atoms with van der Waals surface area (Å²) in [6, 6.07) is 0. The summed E-state index contributed by atoms with van der Waals surface area (Å²) in [6.07, 6.45) is 1.34. The largest absolute Gasteiger partial charge is 0.481 e. The van der Waals surface area contributed by atoms with E-state index in [0.29, 0.717) is 12.8 Å². The number of aliphatic carboxylic acids is 1. The van der Waals surface area contributed by atoms with E-state index in [9.17, 15) is 4.79 Å². The van der Waals surface area contributed by atoms with Crippen LogP contribution < -0.4 is 4.90 Å². The van der Waals surface area contributed by atoms with Gasteiger partial charge in [-0.1, -0.05) is 11.3 Å². The highest BCUT2D eigenvalue weighted by Gasteiger charge is 2.37. The highest BCUT2D eigenvalue weighted by Crippen LogP contribution is 2.33. The number of nitrogens with zero attached hydrogens (tertiary/aromatic N) is 3. The van der Waals surface area contributed by atoms with E-state index in [1.807, 2.05) is 6.92 Å². The van der Waals surface area contributed by atoms with Gasteiger partial charge in [0.25, 0.3) is 0 Å². The fourth-order valence-corrected chi connectivity index (χ4v) is 2.32. The Labute approximate surface area is 91.7 Å². The number of carboxylic acid groups (broad SMARTS) is 1. The van der Waals surface area contributed by atoms with Gasteiger partial charge in [0.2, 0.25) is 5.13 Å². The first-order valence-corrected chi connectivity index (χ1v) is 5.74. The second kappa shape index (κ2) is 3.77. The van der Waals surface area contributed by atoms with E-state index in [1.165, 1.54) is 11.3 Å². The van der Waals surface area contributed by atoms with Gasteiger partial charge in [0.05, 0.1) is 5.41 Å². The van der Waals surface area contributed by atoms with Gasteiger partial charge in [-0.2, -0.15) is 0 Å². The zero-order valence-corrected chi connectivity index (χ0v) is 9.33. The van der Waals surface area contributed by atoms with Crippen LogP contribution >= 0.6 is 11.3 Å². The summed E-state index contributed by atoms with van der Waals surface area (Å²) in [5.41, 5.74) is 1.13. The van der Waals surface area contributed by atoms with Crippen molar-refractivity contribution in [1.82, 2.24) is 10.2 Å². The van der Waals surface area contributed by atoms with Crippen LogP contribution in [0.25, 0.3) is 0 Å². The van der Waals surface area contributed by atoms with E-state index >= 15 is 0 Å². The summed E-state index contributed by atoms with van der Waals surface area (Å²) in [7, 11) is 0. The molecule has 0 aliphatic carbocycles. The van der Waals surface area contributed by atoms with Crippen molar-refractivity contribution in [3.8, 4) is 0 Å². The molecule has 2 rings (SSSR count). The van der Waals surface area contributed by atoms with Crippen LogP contribution in [-0.2, 0) is 4.79 Å². The summed E-state index contributed by atoms with van der Waals surface area (Å²) in [4.78, 5) is 13.1. The van der Waals surface area contributed by atoms with Crippen molar-refractivity contribution in [2.45, 2.75) is 19.8 Å². The molecule has 0 spiro atoms. The molecular formula is C9H13N3O2S. The van der Waals surface area contributed by atoms with Crippen LogP contribution in [0, 0.1) is 5.41 Å². The van der Waals surface area contributed by atoms with Gasteiger partial charge < -0.3 is 10.0 Å². The van der Waals surface area contributed by atoms with Crippen molar-refractivity contribution in [3.05, 3.63) is 5.51 Å². The number of anilines is 1. The molecule has 1 aromatic heterocycles. The minimum atomic E-state index is -0.695. The Bertz CT molecular complexity index is 344. The molecule has 1 aliphatic heterocycles. The molecule has 0 amide bonds. The van der Waals surface area contributed by atoms with Crippen LogP contribution in [0.4, 0.5) is 5.13 Å². The summed E-state index contributed by atoms with van der Waals surface area (Å²) in [6.45, 7) is 3.31. The van der Waals surface area contributed by atoms with Crippen LogP contribution in [-0.4, -0.2) is 34.4 Å². The maximum absolute atomic E-state index is 11.0. The number of hydrogen-bond acceptors (Lipinski definition) is 5. The summed E-state index contributed by atoms with van der Waals surface area (Å²) in [5, 5.41) is 17.7. The quantitative estimate of drug-likeness (QED) is 0.823. The molecule has 15 heavy (non-hydrogen) atoms. The Morgan fingerprint density at radius 1 is 1.60 bits per heavy atom. The number of aromatic nitrogens is 2. The first-order chi connectivity index (χ1) is 7.12. The number of rotatable bonds is 2. The first kappa shape index (κ1) is 10.4. The van der Waals surface area contributed by atoms with E-state index in [0.717, 1.165) is 18.2 Å². The van der Waals surface area contributed by atoms with Crippen LogP contribution in [0.5, 0.6) is 0 Å². The molecule has 82 valence electrons. The normalized spacial score (nSPS) is 20.2. The van der Waals surface area contributed by atoms with Gasteiger partial charge in [-0.3, -0.25) is 4.79 Å². The van der Waals surface area contributed by atoms with Crippen molar-refractivity contribution in [2.75, 3.05) is 18.0 Å². The number of hydrogen-bond donors (Lipinski definition) is 1. The molecule has 1 saturated heterocycles. The lowest BCUT2D eigenvalue weighted by Gasteiger charge is -2.35. The maximum Gasteiger partial charge on any atom is 0.309 e. The third kappa shape index (κ3) is 1.94. The molecule has 0 unspecified atom stereocenters. The third-order valence-electron chi connectivity index (χ3n) is 3.00. The molecule has 1 aromatic rings. The molecule has 0 aromatic carbocycles. The molecule has 0 atom stereocenters. The van der Waals surface area contributed by atoms with E-state index in [2.05, 4.69) is 15.1 Å². The smallest absolute Gasteiger partial charge is 0.309 e. The lowest BCUT2D eigenvalue weighted by molar-refractivity contribution is -0.149. The molecule has 5 nitrogen and oxygen atoms in total. The third-order valence-corrected chi connectivity index (χ3v) is 3.75. The lowest BCUT2D eigenvalue weighted by Crippen LogP contribution is -2.42. The minimum absolute atomic E-state index is 0.568. The van der Waals surface area contributed by atoms with Gasteiger partial charge in [-0.05, 0) is 19.8 Å². The SMILES string of the molecule is CC1(C(=O)O)CCN(c2nncs2)CC1. The second-order valence-electron chi connectivity index (χ2n) is 4.07. The molecule has 6 heteroatoms. The Balaban J connectivity index is 2.01. The Morgan fingerprint density at radius 2 is 2.27 bits per heavy atom. The van der Waals surface area contributed by atoms with Crippen molar-refractivity contribution >= 4 is 22.4 Å². The molecule has 1 fully saturated rings. The van der Waals surface area contributed by atoms with Crippen LogP contribution in [0.3, 0.4) is 0 Å². The highest BCUT2D eigenvalue weighted by molar-refractivity contribution is 7.13. The molecule has 2 heterocycles. The van der Waals surface area contributed by atoms with Gasteiger partial charge in [0.15, 0.2) is 0 Å². The van der Waals surface area contributed by atoms with E-state index < -0.39 is 11.4 Å². The van der Waals surface area contributed by atoms with Crippen molar-refractivity contribution in [1.29, 1.82) is 0 Å². The van der Waals surface area contributed by atoms with Crippen molar-refractivity contribution in [2.24, 2.45) is 5.41 Å². The molecule has 0 saturated carbocycles. The second-order valence-corrected chi connectivity index (χ2v) is 4.89. The Kier molecular flexibility index (Phi) is 2.60. The number of carbonyl (C=O) groups is 1. The van der Waals surface area contributed by atoms with Crippen LogP contribution in [0.2, 0.25) is 0 Å². The Morgan fingerprint density at radius 3 is 2.73 bits per heavy atom. The van der Waals surface area contributed by atoms with E-state index in [-0.39, 0.29) is 0 Å². The van der Waals surface area contributed by atoms with Crippen LogP contribution in [0.1, 0.15) is 19.8 Å². The summed E-state index contributed by atoms with van der Waals surface area (Å²) < 4.78 is 0. The lowest BCUT2D eigenvalue weighted by atomic mass is 9.81. The van der Waals surface area contributed by atoms with Gasteiger partial charge >= 0.3 is 5.97 Å². The fraction of sp³-hybridized carbons (Fsp3) is 0.667. The standard InChI is InChI=1S/C9H13N3O2S/c1-9(7(13)14)2-4-12(5-3-9)8-11-10-6-15-8/h6H,2-5H2,1H3,(H,13,14). The minimum Gasteiger partial charge on any atom is -0.481 e. The number of piperidine rings is 1. The summed E-state index contributed by atoms with van der Waals surface area (Å²) in [5.74, 6) is -0.695. The topological polar surface area (TPSA) is 66.3 Å². The average molecular weight is 227 g/mol. The molecule has 0 radical (unpaired) electrons. The zero-order valence-electron chi connectivity index (χ0n) is 8.51. The van der Waals surface area contributed by atoms with Gasteiger partial charge in [-0.25, -0.2) is 0 Å². The summed E-state index contributed by atoms with van der Waals surface area (Å²) >= 11 is 1.49. The predicted molar refractivity (Wildman–Crippen MR) is 57.1 cm³/mol. The molecule has 0 bridgehead atoms. The predicted octanol–water partition coefficient (Wildman–Crippen LogP) is 1.23. The fourth-order valence-electron chi connectivity index (χ4n) is 1.71. The monoisotopic (exact) mass is 227 g/mol. The zero-order chi connectivity index (χ0) is 10.9. The molecular weight excluding hydrogens is 214 g/mol. The van der Waals surface area contributed by atoms with Gasteiger partial charge in [-0.15, -0.1) is 10.2 Å². The van der Waals surface area contributed by atoms with Crippen LogP contribution in [0.15, 0.2) is 5.51 Å². The molecule has 1 N–H and O–H groups in total. The van der Waals surface area contributed by atoms with Gasteiger partial charge in [0.1, 0.15) is 5.51 Å². The Hall–Kier alpha value is -1.17. The van der Waals surface area contributed by atoms with E-state index in [1.54, 1.807) is 5.51 Å². The average Bonchev–Trinajstić information content (AvgIpc) is 2.72. The molecule has 1 aliphatic rings. The van der Waals surface area contributed by atoms with E-state index in [4.69, 9.17) is 5.11 Å². The maximum atomic E-state index is 11.0. The highest BCUT2D eigenvalue weighted by atomic mass is 32.1. The first-order valence-electron chi connectivity index (χ1n) is 4.86.